The molecule has 2 aliphatic heterocycles. The number of amides is 2. The van der Waals surface area contributed by atoms with Gasteiger partial charge >= 0.3 is 0 Å². The maximum atomic E-state index is 12.9. The second kappa shape index (κ2) is 8.25. The van der Waals surface area contributed by atoms with Gasteiger partial charge in [0.2, 0.25) is 11.8 Å². The Bertz CT molecular complexity index is 621. The van der Waals surface area contributed by atoms with Crippen molar-refractivity contribution in [3.63, 3.8) is 0 Å². The number of sulfone groups is 1. The minimum atomic E-state index is -3.00. The monoisotopic (exact) mass is 386 g/mol. The molecule has 1 saturated carbocycles. The Hall–Kier alpha value is -1.15. The normalized spacial score (nSPS) is 31.6. The van der Waals surface area contributed by atoms with Gasteiger partial charge in [0.15, 0.2) is 9.84 Å². The quantitative estimate of drug-likeness (QED) is 0.710. The molecule has 0 spiro atoms. The second-order valence-electron chi connectivity index (χ2n) is 7.67. The van der Waals surface area contributed by atoms with Gasteiger partial charge < -0.3 is 14.5 Å². The van der Waals surface area contributed by atoms with Crippen LogP contribution in [0.3, 0.4) is 0 Å². The van der Waals surface area contributed by atoms with Crippen LogP contribution in [0.1, 0.15) is 39.0 Å². The van der Waals surface area contributed by atoms with E-state index in [0.29, 0.717) is 39.3 Å². The van der Waals surface area contributed by atoms with E-state index in [2.05, 4.69) is 0 Å². The van der Waals surface area contributed by atoms with Gasteiger partial charge in [-0.15, -0.1) is 0 Å². The van der Waals surface area contributed by atoms with E-state index in [1.807, 2.05) is 11.8 Å². The molecule has 1 unspecified atom stereocenters. The number of hydrogen-bond donors (Lipinski definition) is 0. The van der Waals surface area contributed by atoms with E-state index < -0.39 is 9.84 Å². The van der Waals surface area contributed by atoms with Crippen molar-refractivity contribution in [1.29, 1.82) is 0 Å². The molecule has 2 amide bonds. The van der Waals surface area contributed by atoms with Gasteiger partial charge in [0.25, 0.3) is 0 Å². The Labute approximate surface area is 156 Å². The third kappa shape index (κ3) is 4.39. The highest BCUT2D eigenvalue weighted by Crippen LogP contribution is 2.32. The van der Waals surface area contributed by atoms with E-state index in [1.54, 1.807) is 4.90 Å². The van der Waals surface area contributed by atoms with Crippen LogP contribution >= 0.6 is 0 Å². The molecular weight excluding hydrogens is 356 g/mol. The zero-order valence-electron chi connectivity index (χ0n) is 15.6. The van der Waals surface area contributed by atoms with Crippen molar-refractivity contribution in [3.05, 3.63) is 0 Å². The fourth-order valence-electron chi connectivity index (χ4n) is 4.48. The Morgan fingerprint density at radius 2 is 1.65 bits per heavy atom. The van der Waals surface area contributed by atoms with E-state index in [9.17, 15) is 18.0 Å². The molecule has 1 aliphatic carbocycles. The number of hydrogen-bond acceptors (Lipinski definition) is 5. The van der Waals surface area contributed by atoms with E-state index >= 15 is 0 Å². The smallest absolute Gasteiger partial charge is 0.225 e. The molecule has 0 bridgehead atoms. The van der Waals surface area contributed by atoms with Crippen LogP contribution < -0.4 is 0 Å². The summed E-state index contributed by atoms with van der Waals surface area (Å²) in [4.78, 5) is 29.2. The SMILES string of the molecule is CCN(C(=O)C1CCC(C(=O)N2CCOCC2)CC1)C1CCS(=O)(=O)C1. The summed E-state index contributed by atoms with van der Waals surface area (Å²) >= 11 is 0. The maximum absolute atomic E-state index is 12.9. The van der Waals surface area contributed by atoms with Crippen molar-refractivity contribution in [2.75, 3.05) is 44.4 Å². The lowest BCUT2D eigenvalue weighted by atomic mass is 9.80. The molecule has 7 nitrogen and oxygen atoms in total. The molecule has 0 N–H and O–H groups in total. The fourth-order valence-corrected chi connectivity index (χ4v) is 6.21. The summed E-state index contributed by atoms with van der Waals surface area (Å²) in [5.41, 5.74) is 0. The molecule has 3 aliphatic rings. The van der Waals surface area contributed by atoms with Crippen LogP contribution in [0, 0.1) is 11.8 Å². The molecule has 26 heavy (non-hydrogen) atoms. The van der Waals surface area contributed by atoms with Crippen molar-refractivity contribution in [3.8, 4) is 0 Å². The zero-order valence-corrected chi connectivity index (χ0v) is 16.4. The lowest BCUT2D eigenvalue weighted by molar-refractivity contribution is -0.144. The lowest BCUT2D eigenvalue weighted by Crippen LogP contribution is -2.47. The summed E-state index contributed by atoms with van der Waals surface area (Å²) in [6.45, 7) is 5.00. The minimum Gasteiger partial charge on any atom is -0.378 e. The standard InChI is InChI=1S/C18H30N2O5S/c1-2-20(16-7-12-26(23,24)13-16)18(22)15-5-3-14(4-6-15)17(21)19-8-10-25-11-9-19/h14-16H,2-13H2,1H3. The minimum absolute atomic E-state index is 0.0130. The molecule has 3 fully saturated rings. The summed E-state index contributed by atoms with van der Waals surface area (Å²) in [5, 5.41) is 0. The topological polar surface area (TPSA) is 84.0 Å². The highest BCUT2D eigenvalue weighted by atomic mass is 32.2. The van der Waals surface area contributed by atoms with Gasteiger partial charge in [-0.05, 0) is 39.0 Å². The number of ether oxygens (including phenoxy) is 1. The number of nitrogens with zero attached hydrogens (tertiary/aromatic N) is 2. The Morgan fingerprint density at radius 3 is 2.19 bits per heavy atom. The molecule has 1 atom stereocenters. The Balaban J connectivity index is 1.53. The molecule has 2 saturated heterocycles. The Kier molecular flexibility index (Phi) is 6.22. The molecule has 148 valence electrons. The van der Waals surface area contributed by atoms with Gasteiger partial charge in [-0.3, -0.25) is 9.59 Å². The molecular formula is C18H30N2O5S. The van der Waals surface area contributed by atoms with Gasteiger partial charge in [-0.25, -0.2) is 8.42 Å². The Morgan fingerprint density at radius 1 is 1.04 bits per heavy atom. The van der Waals surface area contributed by atoms with Crippen molar-refractivity contribution in [1.82, 2.24) is 9.80 Å². The van der Waals surface area contributed by atoms with E-state index in [0.717, 1.165) is 25.7 Å². The van der Waals surface area contributed by atoms with Crippen molar-refractivity contribution >= 4 is 21.7 Å². The predicted octanol–water partition coefficient (Wildman–Crippen LogP) is 0.687. The summed E-state index contributed by atoms with van der Waals surface area (Å²) < 4.78 is 28.8. The van der Waals surface area contributed by atoms with Crippen LogP contribution in [-0.2, 0) is 24.2 Å². The fraction of sp³-hybridized carbons (Fsp3) is 0.889. The largest absolute Gasteiger partial charge is 0.378 e. The van der Waals surface area contributed by atoms with Gasteiger partial charge in [0.1, 0.15) is 0 Å². The van der Waals surface area contributed by atoms with Crippen LogP contribution in [-0.4, -0.2) is 80.4 Å². The predicted molar refractivity (Wildman–Crippen MR) is 97.3 cm³/mol. The maximum Gasteiger partial charge on any atom is 0.225 e. The lowest BCUT2D eigenvalue weighted by Gasteiger charge is -2.36. The van der Waals surface area contributed by atoms with Crippen LogP contribution in [0.5, 0.6) is 0 Å². The highest BCUT2D eigenvalue weighted by molar-refractivity contribution is 7.91. The van der Waals surface area contributed by atoms with E-state index in [-0.39, 0.29) is 41.2 Å². The number of carbonyl (C=O) groups is 2. The zero-order chi connectivity index (χ0) is 18.7. The average Bonchev–Trinajstić information content (AvgIpc) is 3.02. The first-order valence-electron chi connectivity index (χ1n) is 9.78. The van der Waals surface area contributed by atoms with Crippen LogP contribution in [0.4, 0.5) is 0 Å². The second-order valence-corrected chi connectivity index (χ2v) is 9.90. The molecule has 2 heterocycles. The van der Waals surface area contributed by atoms with Crippen LogP contribution in [0.2, 0.25) is 0 Å². The van der Waals surface area contributed by atoms with Gasteiger partial charge in [-0.2, -0.15) is 0 Å². The van der Waals surface area contributed by atoms with Gasteiger partial charge in [0.05, 0.1) is 24.7 Å². The molecule has 3 rings (SSSR count). The molecule has 0 radical (unpaired) electrons. The molecule has 8 heteroatoms. The number of carbonyl (C=O) groups excluding carboxylic acids is 2. The molecule has 0 aromatic rings. The molecule has 0 aromatic heterocycles. The number of rotatable bonds is 4. The third-order valence-corrected chi connectivity index (χ3v) is 7.77. The van der Waals surface area contributed by atoms with Crippen LogP contribution in [0.25, 0.3) is 0 Å². The van der Waals surface area contributed by atoms with Gasteiger partial charge in [-0.1, -0.05) is 0 Å². The van der Waals surface area contributed by atoms with Gasteiger partial charge in [0, 0.05) is 37.5 Å². The van der Waals surface area contributed by atoms with Crippen molar-refractivity contribution in [2.24, 2.45) is 11.8 Å². The summed E-state index contributed by atoms with van der Waals surface area (Å²) in [6, 6.07) is -0.176. The van der Waals surface area contributed by atoms with Crippen molar-refractivity contribution in [2.45, 2.75) is 45.1 Å². The summed E-state index contributed by atoms with van der Waals surface area (Å²) in [7, 11) is -3.00. The first-order chi connectivity index (χ1) is 12.4. The van der Waals surface area contributed by atoms with E-state index in [1.165, 1.54) is 0 Å². The third-order valence-electron chi connectivity index (χ3n) is 6.02. The van der Waals surface area contributed by atoms with E-state index in [4.69, 9.17) is 4.74 Å². The van der Waals surface area contributed by atoms with Crippen molar-refractivity contribution < 1.29 is 22.7 Å². The summed E-state index contributed by atoms with van der Waals surface area (Å²) in [6.07, 6.45) is 3.47. The average molecular weight is 387 g/mol. The summed E-state index contributed by atoms with van der Waals surface area (Å²) in [5.74, 6) is 0.492. The first-order valence-corrected chi connectivity index (χ1v) is 11.6. The highest BCUT2D eigenvalue weighted by Gasteiger charge is 2.38. The molecule has 0 aromatic carbocycles. The first kappa shape index (κ1) is 19.6. The number of morpholine rings is 1. The van der Waals surface area contributed by atoms with Crippen LogP contribution in [0.15, 0.2) is 0 Å².